The van der Waals surface area contributed by atoms with E-state index in [0.29, 0.717) is 12.2 Å². The summed E-state index contributed by atoms with van der Waals surface area (Å²) in [6, 6.07) is 10.1. The van der Waals surface area contributed by atoms with Crippen LogP contribution in [-0.4, -0.2) is 20.0 Å². The number of benzene rings is 1. The highest BCUT2D eigenvalue weighted by molar-refractivity contribution is 5.43. The summed E-state index contributed by atoms with van der Waals surface area (Å²) < 4.78 is 14.7. The molecule has 2 aromatic heterocycles. The van der Waals surface area contributed by atoms with Gasteiger partial charge in [-0.2, -0.15) is 0 Å². The smallest absolute Gasteiger partial charge is 0.125 e. The maximum Gasteiger partial charge on any atom is 0.125 e. The molecule has 0 radical (unpaired) electrons. The molecule has 0 aliphatic carbocycles. The number of hydrogen-bond donors (Lipinski definition) is 1. The largest absolute Gasteiger partial charge is 0.379 e. The fourth-order valence-electron chi connectivity index (χ4n) is 1.97. The Kier molecular flexibility index (Phi) is 3.59. The van der Waals surface area contributed by atoms with E-state index in [0.717, 1.165) is 17.1 Å². The lowest BCUT2D eigenvalue weighted by molar-refractivity contribution is 0.625. The third-order valence-corrected chi connectivity index (χ3v) is 2.98. The van der Waals surface area contributed by atoms with E-state index in [-0.39, 0.29) is 5.82 Å². The summed E-state index contributed by atoms with van der Waals surface area (Å²) in [6.45, 7) is 2.48. The first kappa shape index (κ1) is 13.2. The number of anilines is 1. The van der Waals surface area contributed by atoms with E-state index in [4.69, 9.17) is 0 Å². The van der Waals surface area contributed by atoms with Crippen molar-refractivity contribution in [2.24, 2.45) is 0 Å². The summed E-state index contributed by atoms with van der Waals surface area (Å²) in [5.41, 5.74) is 3.34. The lowest BCUT2D eigenvalue weighted by Crippen LogP contribution is -2.00. The topological polar surface area (TPSA) is 55.6 Å². The number of aromatic nitrogens is 4. The van der Waals surface area contributed by atoms with Crippen LogP contribution in [0.15, 0.2) is 48.8 Å². The van der Waals surface area contributed by atoms with E-state index in [1.54, 1.807) is 29.2 Å². The molecule has 0 atom stereocenters. The number of rotatable bonds is 4. The summed E-state index contributed by atoms with van der Waals surface area (Å²) in [6.07, 6.45) is 3.52. The first-order valence-electron chi connectivity index (χ1n) is 6.54. The van der Waals surface area contributed by atoms with Crippen LogP contribution < -0.4 is 5.32 Å². The SMILES string of the molecule is Cc1cc(NCc2cn(-c3cccc(F)c3)nn2)ccn1. The molecule has 5 nitrogen and oxygen atoms in total. The van der Waals surface area contributed by atoms with Gasteiger partial charge in [0.1, 0.15) is 11.5 Å². The van der Waals surface area contributed by atoms with E-state index in [1.807, 2.05) is 19.1 Å². The van der Waals surface area contributed by atoms with Gasteiger partial charge < -0.3 is 5.32 Å². The van der Waals surface area contributed by atoms with E-state index < -0.39 is 0 Å². The minimum atomic E-state index is -0.296. The Morgan fingerprint density at radius 1 is 1.24 bits per heavy atom. The minimum Gasteiger partial charge on any atom is -0.379 e. The zero-order valence-electron chi connectivity index (χ0n) is 11.5. The van der Waals surface area contributed by atoms with Crippen LogP contribution >= 0.6 is 0 Å². The predicted molar refractivity (Wildman–Crippen MR) is 77.6 cm³/mol. The summed E-state index contributed by atoms with van der Waals surface area (Å²) in [7, 11) is 0. The Labute approximate surface area is 121 Å². The number of halogens is 1. The molecular weight excluding hydrogens is 269 g/mol. The molecule has 0 fully saturated rings. The van der Waals surface area contributed by atoms with Gasteiger partial charge in [0.25, 0.3) is 0 Å². The van der Waals surface area contributed by atoms with Crippen LogP contribution in [0.1, 0.15) is 11.4 Å². The van der Waals surface area contributed by atoms with Gasteiger partial charge in [-0.25, -0.2) is 9.07 Å². The molecule has 6 heteroatoms. The van der Waals surface area contributed by atoms with Crippen LogP contribution in [0.2, 0.25) is 0 Å². The second-order valence-electron chi connectivity index (χ2n) is 4.67. The van der Waals surface area contributed by atoms with E-state index in [9.17, 15) is 4.39 Å². The van der Waals surface area contributed by atoms with Gasteiger partial charge in [0.2, 0.25) is 0 Å². The highest BCUT2D eigenvalue weighted by Gasteiger charge is 2.04. The molecule has 0 aliphatic rings. The fraction of sp³-hybridized carbons (Fsp3) is 0.133. The average Bonchev–Trinajstić information content (AvgIpc) is 2.94. The highest BCUT2D eigenvalue weighted by Crippen LogP contribution is 2.11. The third kappa shape index (κ3) is 3.22. The Morgan fingerprint density at radius 2 is 2.14 bits per heavy atom. The predicted octanol–water partition coefficient (Wildman–Crippen LogP) is 2.72. The van der Waals surface area contributed by atoms with E-state index in [2.05, 4.69) is 20.6 Å². The van der Waals surface area contributed by atoms with Crippen LogP contribution in [0.25, 0.3) is 5.69 Å². The second-order valence-corrected chi connectivity index (χ2v) is 4.67. The molecule has 21 heavy (non-hydrogen) atoms. The monoisotopic (exact) mass is 283 g/mol. The van der Waals surface area contributed by atoms with Crippen molar-refractivity contribution >= 4 is 5.69 Å². The van der Waals surface area contributed by atoms with Crippen molar-refractivity contribution in [1.82, 2.24) is 20.0 Å². The maximum absolute atomic E-state index is 13.2. The Hall–Kier alpha value is -2.76. The molecule has 3 rings (SSSR count). The van der Waals surface area contributed by atoms with Crippen molar-refractivity contribution in [3.63, 3.8) is 0 Å². The van der Waals surface area contributed by atoms with E-state index >= 15 is 0 Å². The van der Waals surface area contributed by atoms with E-state index in [1.165, 1.54) is 12.1 Å². The standard InChI is InChI=1S/C15H14FN5/c1-11-7-13(5-6-17-11)18-9-14-10-21(20-19-14)15-4-2-3-12(16)8-15/h2-8,10H,9H2,1H3,(H,17,18). The number of pyridine rings is 1. The molecule has 0 amide bonds. The first-order chi connectivity index (χ1) is 10.2. The molecule has 0 saturated carbocycles. The van der Waals surface area contributed by atoms with Gasteiger partial charge in [-0.05, 0) is 37.3 Å². The molecule has 3 aromatic rings. The van der Waals surface area contributed by atoms with Crippen molar-refractivity contribution in [2.75, 3.05) is 5.32 Å². The normalized spacial score (nSPS) is 10.6. The van der Waals surface area contributed by atoms with Crippen LogP contribution in [0, 0.1) is 12.7 Å². The maximum atomic E-state index is 13.2. The Bertz CT molecular complexity index is 753. The molecule has 2 heterocycles. The zero-order chi connectivity index (χ0) is 14.7. The quantitative estimate of drug-likeness (QED) is 0.800. The van der Waals surface area contributed by atoms with Gasteiger partial charge in [-0.15, -0.1) is 5.10 Å². The molecule has 106 valence electrons. The minimum absolute atomic E-state index is 0.296. The molecule has 0 aliphatic heterocycles. The third-order valence-electron chi connectivity index (χ3n) is 2.98. The van der Waals surface area contributed by atoms with Gasteiger partial charge in [0.05, 0.1) is 18.4 Å². The molecule has 0 bridgehead atoms. The second kappa shape index (κ2) is 5.70. The van der Waals surface area contributed by atoms with Gasteiger partial charge in [0.15, 0.2) is 0 Å². The number of nitrogens with one attached hydrogen (secondary N) is 1. The van der Waals surface area contributed by atoms with Gasteiger partial charge >= 0.3 is 0 Å². The van der Waals surface area contributed by atoms with Gasteiger partial charge in [0, 0.05) is 17.6 Å². The van der Waals surface area contributed by atoms with Crippen molar-refractivity contribution in [1.29, 1.82) is 0 Å². The van der Waals surface area contributed by atoms with Crippen molar-refractivity contribution < 1.29 is 4.39 Å². The van der Waals surface area contributed by atoms with Crippen LogP contribution in [0.5, 0.6) is 0 Å². The lowest BCUT2D eigenvalue weighted by Gasteiger charge is -2.04. The van der Waals surface area contributed by atoms with Gasteiger partial charge in [-0.1, -0.05) is 11.3 Å². The molecule has 1 N–H and O–H groups in total. The van der Waals surface area contributed by atoms with Gasteiger partial charge in [-0.3, -0.25) is 4.98 Å². The van der Waals surface area contributed by atoms with Crippen molar-refractivity contribution in [3.8, 4) is 5.69 Å². The van der Waals surface area contributed by atoms with Crippen molar-refractivity contribution in [2.45, 2.75) is 13.5 Å². The molecule has 1 aromatic carbocycles. The summed E-state index contributed by atoms with van der Waals surface area (Å²) in [5, 5.41) is 11.3. The number of hydrogen-bond acceptors (Lipinski definition) is 4. The summed E-state index contributed by atoms with van der Waals surface area (Å²) in [5.74, 6) is -0.296. The number of nitrogens with zero attached hydrogens (tertiary/aromatic N) is 4. The summed E-state index contributed by atoms with van der Waals surface area (Å²) >= 11 is 0. The number of aryl methyl sites for hydroxylation is 1. The molecule has 0 spiro atoms. The van der Waals surface area contributed by atoms with Crippen LogP contribution in [-0.2, 0) is 6.54 Å². The molecule has 0 unspecified atom stereocenters. The Morgan fingerprint density at radius 3 is 2.95 bits per heavy atom. The summed E-state index contributed by atoms with van der Waals surface area (Å²) in [4.78, 5) is 4.14. The zero-order valence-corrected chi connectivity index (χ0v) is 11.5. The average molecular weight is 283 g/mol. The molecular formula is C15H14FN5. The Balaban J connectivity index is 1.71. The first-order valence-corrected chi connectivity index (χ1v) is 6.54. The van der Waals surface area contributed by atoms with Crippen molar-refractivity contribution in [3.05, 3.63) is 66.0 Å². The fourth-order valence-corrected chi connectivity index (χ4v) is 1.97. The van der Waals surface area contributed by atoms with Crippen LogP contribution in [0.3, 0.4) is 0 Å². The lowest BCUT2D eigenvalue weighted by atomic mass is 10.3. The molecule has 0 saturated heterocycles. The highest BCUT2D eigenvalue weighted by atomic mass is 19.1. The van der Waals surface area contributed by atoms with Crippen LogP contribution in [0.4, 0.5) is 10.1 Å².